The zero-order chi connectivity index (χ0) is 17.9. The summed E-state index contributed by atoms with van der Waals surface area (Å²) < 4.78 is 13.0. The molecule has 0 bridgehead atoms. The smallest absolute Gasteiger partial charge is 0.269 e. The largest absolute Gasteiger partial charge is 0.379 e. The number of rotatable bonds is 8. The van der Waals surface area contributed by atoms with Crippen LogP contribution in [0.3, 0.4) is 0 Å². The van der Waals surface area contributed by atoms with E-state index in [9.17, 15) is 4.79 Å². The molecule has 1 saturated carbocycles. The van der Waals surface area contributed by atoms with E-state index in [1.807, 2.05) is 10.7 Å². The van der Waals surface area contributed by atoms with Gasteiger partial charge in [-0.05, 0) is 58.9 Å². The van der Waals surface area contributed by atoms with Gasteiger partial charge in [0.2, 0.25) is 0 Å². The average molecular weight is 349 g/mol. The van der Waals surface area contributed by atoms with E-state index < -0.39 is 0 Å². The first-order valence-corrected chi connectivity index (χ1v) is 9.53. The molecule has 3 rings (SSSR count). The maximum atomic E-state index is 12.6. The second-order valence-electron chi connectivity index (χ2n) is 8.13. The van der Waals surface area contributed by atoms with Crippen LogP contribution in [-0.2, 0) is 15.0 Å². The van der Waals surface area contributed by atoms with E-state index in [0.29, 0.717) is 31.4 Å². The van der Waals surface area contributed by atoms with Gasteiger partial charge in [0.1, 0.15) is 5.69 Å². The molecule has 1 N–H and O–H groups in total. The molecule has 1 aromatic heterocycles. The van der Waals surface area contributed by atoms with Crippen LogP contribution in [0, 0.1) is 0 Å². The van der Waals surface area contributed by atoms with Gasteiger partial charge in [-0.15, -0.1) is 0 Å². The molecule has 2 aliphatic rings. The van der Waals surface area contributed by atoms with E-state index in [-0.39, 0.29) is 17.6 Å². The van der Waals surface area contributed by atoms with Crippen LogP contribution in [0.4, 0.5) is 0 Å². The molecule has 140 valence electrons. The minimum absolute atomic E-state index is 0.0477. The van der Waals surface area contributed by atoms with E-state index in [0.717, 1.165) is 31.6 Å². The third-order valence-corrected chi connectivity index (χ3v) is 4.67. The molecular formula is C19H31N3O3. The molecule has 1 aliphatic heterocycles. The lowest BCUT2D eigenvalue weighted by Gasteiger charge is -2.22. The summed E-state index contributed by atoms with van der Waals surface area (Å²) in [6.07, 6.45) is 5.66. The van der Waals surface area contributed by atoms with Crippen molar-refractivity contribution in [2.24, 2.45) is 0 Å². The van der Waals surface area contributed by atoms with Gasteiger partial charge in [0, 0.05) is 25.7 Å². The lowest BCUT2D eigenvalue weighted by atomic mass is 10.1. The number of carbonyl (C=O) groups excluding carboxylic acids is 1. The van der Waals surface area contributed by atoms with Crippen molar-refractivity contribution >= 4 is 5.91 Å². The fraction of sp³-hybridized carbons (Fsp3) is 0.789. The van der Waals surface area contributed by atoms with Crippen LogP contribution in [0.2, 0.25) is 0 Å². The van der Waals surface area contributed by atoms with E-state index in [1.54, 1.807) is 0 Å². The Labute approximate surface area is 150 Å². The average Bonchev–Trinajstić information content (AvgIpc) is 3.10. The molecule has 0 unspecified atom stereocenters. The Morgan fingerprint density at radius 1 is 1.40 bits per heavy atom. The summed E-state index contributed by atoms with van der Waals surface area (Å²) in [5, 5.41) is 7.69. The zero-order valence-electron chi connectivity index (χ0n) is 15.7. The number of nitrogens with one attached hydrogen (secondary N) is 1. The minimum Gasteiger partial charge on any atom is -0.379 e. The Bertz CT molecular complexity index is 581. The fourth-order valence-corrected chi connectivity index (χ4v) is 3.11. The molecule has 0 spiro atoms. The van der Waals surface area contributed by atoms with Gasteiger partial charge in [-0.1, -0.05) is 0 Å². The van der Waals surface area contributed by atoms with E-state index >= 15 is 0 Å². The molecule has 6 nitrogen and oxygen atoms in total. The number of hydrogen-bond acceptors (Lipinski definition) is 4. The molecule has 6 heteroatoms. The van der Waals surface area contributed by atoms with E-state index in [1.165, 1.54) is 12.8 Å². The van der Waals surface area contributed by atoms with Crippen LogP contribution in [0.15, 0.2) is 6.07 Å². The van der Waals surface area contributed by atoms with Crippen molar-refractivity contribution in [3.05, 3.63) is 17.5 Å². The van der Waals surface area contributed by atoms with Gasteiger partial charge in [-0.25, -0.2) is 0 Å². The third-order valence-electron chi connectivity index (χ3n) is 4.67. The van der Waals surface area contributed by atoms with Crippen molar-refractivity contribution < 1.29 is 14.3 Å². The number of hydrogen-bond donors (Lipinski definition) is 1. The summed E-state index contributed by atoms with van der Waals surface area (Å²) in [6, 6.07) is 1.96. The zero-order valence-corrected chi connectivity index (χ0v) is 15.7. The second kappa shape index (κ2) is 7.87. The molecule has 0 radical (unpaired) electrons. The highest BCUT2D eigenvalue weighted by molar-refractivity contribution is 5.92. The molecule has 1 atom stereocenters. The number of nitrogens with zero attached hydrogens (tertiary/aromatic N) is 2. The summed E-state index contributed by atoms with van der Waals surface area (Å²) in [6.45, 7) is 9.00. The van der Waals surface area contributed by atoms with Crippen molar-refractivity contribution in [2.45, 2.75) is 70.4 Å². The molecule has 1 amide bonds. The van der Waals surface area contributed by atoms with Gasteiger partial charge in [-0.2, -0.15) is 5.10 Å². The highest BCUT2D eigenvalue weighted by Gasteiger charge is 2.31. The van der Waals surface area contributed by atoms with Gasteiger partial charge >= 0.3 is 0 Å². The summed E-state index contributed by atoms with van der Waals surface area (Å²) in [5.74, 6) is 0.495. The van der Waals surface area contributed by atoms with E-state index in [2.05, 4.69) is 31.2 Å². The lowest BCUT2D eigenvalue weighted by Crippen LogP contribution is -2.33. The number of ether oxygens (including phenoxy) is 2. The summed E-state index contributed by atoms with van der Waals surface area (Å²) in [4.78, 5) is 12.6. The predicted octanol–water partition coefficient (Wildman–Crippen LogP) is 2.83. The lowest BCUT2D eigenvalue weighted by molar-refractivity contribution is 0.0166. The molecule has 1 aliphatic carbocycles. The molecule has 2 fully saturated rings. The standard InChI is InChI=1S/C19H31N3O3/c1-19(2,3)22-17(12-16(21-22)14-7-8-14)18(23)20-9-5-10-24-13-15-6-4-11-25-15/h12,14-15H,4-11,13H2,1-3H3,(H,20,23)/t15-/m1/s1. The molecule has 0 aromatic carbocycles. The number of amides is 1. The Morgan fingerprint density at radius 2 is 2.20 bits per heavy atom. The van der Waals surface area contributed by atoms with Crippen LogP contribution in [-0.4, -0.2) is 48.2 Å². The summed E-state index contributed by atoms with van der Waals surface area (Å²) in [5.41, 5.74) is 1.51. The first-order chi connectivity index (χ1) is 11.9. The SMILES string of the molecule is CC(C)(C)n1nc(C2CC2)cc1C(=O)NCCCOC[C@H]1CCCO1. The predicted molar refractivity (Wildman–Crippen MR) is 95.9 cm³/mol. The van der Waals surface area contributed by atoms with Crippen molar-refractivity contribution in [1.29, 1.82) is 0 Å². The number of carbonyl (C=O) groups is 1. The van der Waals surface area contributed by atoms with E-state index in [4.69, 9.17) is 9.47 Å². The normalized spacial score (nSPS) is 20.8. The Kier molecular flexibility index (Phi) is 5.79. The number of aromatic nitrogens is 2. The maximum Gasteiger partial charge on any atom is 0.269 e. The van der Waals surface area contributed by atoms with Crippen LogP contribution < -0.4 is 5.32 Å². The molecule has 1 aromatic rings. The quantitative estimate of drug-likeness (QED) is 0.733. The minimum atomic E-state index is -0.204. The first kappa shape index (κ1) is 18.4. The maximum absolute atomic E-state index is 12.6. The van der Waals surface area contributed by atoms with Crippen molar-refractivity contribution in [3.8, 4) is 0 Å². The molecule has 1 saturated heterocycles. The highest BCUT2D eigenvalue weighted by atomic mass is 16.5. The molecule has 2 heterocycles. The van der Waals surface area contributed by atoms with Crippen molar-refractivity contribution in [1.82, 2.24) is 15.1 Å². The molecular weight excluding hydrogens is 318 g/mol. The second-order valence-corrected chi connectivity index (χ2v) is 8.13. The summed E-state index contributed by atoms with van der Waals surface area (Å²) in [7, 11) is 0. The summed E-state index contributed by atoms with van der Waals surface area (Å²) >= 11 is 0. The van der Waals surface area contributed by atoms with Crippen molar-refractivity contribution in [2.75, 3.05) is 26.4 Å². The Morgan fingerprint density at radius 3 is 2.84 bits per heavy atom. The Balaban J connectivity index is 1.44. The van der Waals surface area contributed by atoms with Crippen LogP contribution in [0.1, 0.15) is 75.0 Å². The van der Waals surface area contributed by atoms with Gasteiger partial charge in [0.05, 0.1) is 23.9 Å². The molecule has 25 heavy (non-hydrogen) atoms. The van der Waals surface area contributed by atoms with Gasteiger partial charge < -0.3 is 14.8 Å². The Hall–Kier alpha value is -1.40. The van der Waals surface area contributed by atoms with Crippen LogP contribution >= 0.6 is 0 Å². The van der Waals surface area contributed by atoms with Crippen LogP contribution in [0.25, 0.3) is 0 Å². The van der Waals surface area contributed by atoms with Gasteiger partial charge in [0.25, 0.3) is 5.91 Å². The topological polar surface area (TPSA) is 65.4 Å². The van der Waals surface area contributed by atoms with Crippen molar-refractivity contribution in [3.63, 3.8) is 0 Å². The first-order valence-electron chi connectivity index (χ1n) is 9.53. The van der Waals surface area contributed by atoms with Gasteiger partial charge in [-0.3, -0.25) is 9.48 Å². The third kappa shape index (κ3) is 5.05. The fourth-order valence-electron chi connectivity index (χ4n) is 3.11. The van der Waals surface area contributed by atoms with Crippen LogP contribution in [0.5, 0.6) is 0 Å². The highest BCUT2D eigenvalue weighted by Crippen LogP contribution is 2.40. The monoisotopic (exact) mass is 349 g/mol. The van der Waals surface area contributed by atoms with Gasteiger partial charge in [0.15, 0.2) is 0 Å².